The minimum absolute atomic E-state index is 0.230. The highest BCUT2D eigenvalue weighted by atomic mass is 19.1. The summed E-state index contributed by atoms with van der Waals surface area (Å²) in [4.78, 5) is 14.2. The van der Waals surface area contributed by atoms with E-state index in [9.17, 15) is 9.18 Å². The molecule has 0 aliphatic carbocycles. The summed E-state index contributed by atoms with van der Waals surface area (Å²) in [5.41, 5.74) is 4.33. The number of nitrogens with zero attached hydrogens (tertiary/aromatic N) is 1. The van der Waals surface area contributed by atoms with Gasteiger partial charge in [-0.2, -0.15) is 0 Å². The highest BCUT2D eigenvalue weighted by Crippen LogP contribution is 2.26. The lowest BCUT2D eigenvalue weighted by atomic mass is 9.99. The second-order valence-corrected chi connectivity index (χ2v) is 6.44. The Hall–Kier alpha value is -2.56. The van der Waals surface area contributed by atoms with Gasteiger partial charge in [0.05, 0.1) is 0 Å². The number of amides is 2. The van der Waals surface area contributed by atoms with Crippen molar-refractivity contribution in [3.05, 3.63) is 65.0 Å². The number of nitrogens with one attached hydrogen (secondary N) is 2. The molecule has 1 aliphatic rings. The quantitative estimate of drug-likeness (QED) is 0.877. The number of benzene rings is 2. The first-order chi connectivity index (χ1) is 12.1. The predicted octanol–water partition coefficient (Wildman–Crippen LogP) is 3.25. The summed E-state index contributed by atoms with van der Waals surface area (Å²) in [5, 5.41) is 5.63. The minimum Gasteiger partial charge on any atom is -0.374 e. The molecule has 3 rings (SSSR count). The van der Waals surface area contributed by atoms with Gasteiger partial charge >= 0.3 is 6.03 Å². The lowest BCUT2D eigenvalue weighted by Crippen LogP contribution is -2.36. The van der Waals surface area contributed by atoms with Crippen LogP contribution in [0.3, 0.4) is 0 Å². The molecule has 0 unspecified atom stereocenters. The Kier molecular flexibility index (Phi) is 5.53. The molecule has 0 atom stereocenters. The van der Waals surface area contributed by atoms with E-state index in [2.05, 4.69) is 40.8 Å². The maximum atomic E-state index is 13.5. The van der Waals surface area contributed by atoms with Crippen LogP contribution in [-0.2, 0) is 19.4 Å². The molecule has 2 aromatic carbocycles. The summed E-state index contributed by atoms with van der Waals surface area (Å²) >= 11 is 0. The number of hydrogen-bond acceptors (Lipinski definition) is 2. The number of carbonyl (C=O) groups is 1. The van der Waals surface area contributed by atoms with Crippen LogP contribution < -0.4 is 15.5 Å². The average Bonchev–Trinajstić information content (AvgIpc) is 2.62. The van der Waals surface area contributed by atoms with E-state index in [0.29, 0.717) is 25.1 Å². The van der Waals surface area contributed by atoms with Crippen molar-refractivity contribution in [1.82, 2.24) is 10.6 Å². The normalized spacial score (nSPS) is 13.3. The number of urea groups is 1. The predicted molar refractivity (Wildman–Crippen MR) is 98.4 cm³/mol. The van der Waals surface area contributed by atoms with Crippen molar-refractivity contribution in [3.8, 4) is 0 Å². The van der Waals surface area contributed by atoms with Gasteiger partial charge in [0, 0.05) is 32.4 Å². The lowest BCUT2D eigenvalue weighted by molar-refractivity contribution is 0.240. The van der Waals surface area contributed by atoms with Gasteiger partial charge in [-0.05, 0) is 48.1 Å². The first kappa shape index (κ1) is 17.3. The molecule has 0 aromatic heterocycles. The Morgan fingerprint density at radius 1 is 1.20 bits per heavy atom. The van der Waals surface area contributed by atoms with E-state index in [4.69, 9.17) is 0 Å². The molecule has 4 nitrogen and oxygen atoms in total. The Bertz CT molecular complexity index is 747. The van der Waals surface area contributed by atoms with Gasteiger partial charge in [-0.1, -0.05) is 30.3 Å². The molecule has 2 amide bonds. The molecule has 0 fully saturated rings. The smallest absolute Gasteiger partial charge is 0.315 e. The molecule has 5 heteroatoms. The van der Waals surface area contributed by atoms with Crippen LogP contribution in [0.5, 0.6) is 0 Å². The molecule has 0 radical (unpaired) electrons. The van der Waals surface area contributed by atoms with Crippen LogP contribution in [0.15, 0.2) is 42.5 Å². The summed E-state index contributed by atoms with van der Waals surface area (Å²) in [6.07, 6.45) is 2.73. The van der Waals surface area contributed by atoms with Gasteiger partial charge in [-0.25, -0.2) is 9.18 Å². The molecule has 132 valence electrons. The van der Waals surface area contributed by atoms with E-state index in [0.717, 1.165) is 24.9 Å². The van der Waals surface area contributed by atoms with Crippen LogP contribution in [0.25, 0.3) is 0 Å². The number of halogens is 1. The maximum absolute atomic E-state index is 13.5. The van der Waals surface area contributed by atoms with E-state index >= 15 is 0 Å². The van der Waals surface area contributed by atoms with Crippen molar-refractivity contribution >= 4 is 11.7 Å². The monoisotopic (exact) mass is 341 g/mol. The third-order valence-electron chi connectivity index (χ3n) is 4.59. The van der Waals surface area contributed by atoms with Crippen LogP contribution >= 0.6 is 0 Å². The molecule has 0 spiro atoms. The summed E-state index contributed by atoms with van der Waals surface area (Å²) in [6, 6.07) is 12.8. The lowest BCUT2D eigenvalue weighted by Gasteiger charge is -2.27. The summed E-state index contributed by atoms with van der Waals surface area (Å²) in [7, 11) is 2.11. The van der Waals surface area contributed by atoms with E-state index in [1.165, 1.54) is 17.3 Å². The SMILES string of the molecule is CN1CCCc2cc(CNC(=O)NCCc3ccccc3F)ccc21. The van der Waals surface area contributed by atoms with Crippen LogP contribution in [0.1, 0.15) is 23.1 Å². The van der Waals surface area contributed by atoms with Gasteiger partial charge in [-0.15, -0.1) is 0 Å². The number of rotatable bonds is 5. The second kappa shape index (κ2) is 8.01. The molecule has 25 heavy (non-hydrogen) atoms. The molecule has 1 heterocycles. The number of carbonyl (C=O) groups excluding carboxylic acids is 1. The molecular weight excluding hydrogens is 317 g/mol. The number of hydrogen-bond donors (Lipinski definition) is 2. The molecule has 0 bridgehead atoms. The Morgan fingerprint density at radius 2 is 2.04 bits per heavy atom. The van der Waals surface area contributed by atoms with Crippen molar-refractivity contribution in [3.63, 3.8) is 0 Å². The van der Waals surface area contributed by atoms with Gasteiger partial charge in [0.25, 0.3) is 0 Å². The van der Waals surface area contributed by atoms with E-state index in [1.54, 1.807) is 18.2 Å². The molecule has 0 saturated heterocycles. The second-order valence-electron chi connectivity index (χ2n) is 6.44. The first-order valence-electron chi connectivity index (χ1n) is 8.71. The average molecular weight is 341 g/mol. The Morgan fingerprint density at radius 3 is 2.88 bits per heavy atom. The topological polar surface area (TPSA) is 44.4 Å². The summed E-state index contributed by atoms with van der Waals surface area (Å²) in [5.74, 6) is -0.233. The third-order valence-corrected chi connectivity index (χ3v) is 4.59. The zero-order valence-corrected chi connectivity index (χ0v) is 14.5. The van der Waals surface area contributed by atoms with Crippen molar-refractivity contribution in [2.45, 2.75) is 25.8 Å². The zero-order valence-electron chi connectivity index (χ0n) is 14.5. The maximum Gasteiger partial charge on any atom is 0.315 e. The Balaban J connectivity index is 1.45. The fourth-order valence-electron chi connectivity index (χ4n) is 3.21. The molecule has 2 N–H and O–H groups in total. The van der Waals surface area contributed by atoms with Crippen LogP contribution in [0.2, 0.25) is 0 Å². The number of fused-ring (bicyclic) bond motifs is 1. The summed E-state index contributed by atoms with van der Waals surface area (Å²) < 4.78 is 13.5. The zero-order chi connectivity index (χ0) is 17.6. The van der Waals surface area contributed by atoms with Gasteiger partial charge in [0.2, 0.25) is 0 Å². The van der Waals surface area contributed by atoms with E-state index in [1.807, 2.05) is 0 Å². The van der Waals surface area contributed by atoms with Gasteiger partial charge in [-0.3, -0.25) is 0 Å². The van der Waals surface area contributed by atoms with E-state index < -0.39 is 0 Å². The standard InChI is InChI=1S/C20H24FN3O/c1-24-12-4-6-17-13-15(8-9-19(17)24)14-23-20(25)22-11-10-16-5-2-3-7-18(16)21/h2-3,5,7-9,13H,4,6,10-12,14H2,1H3,(H2,22,23,25). The molecule has 0 saturated carbocycles. The minimum atomic E-state index is -0.233. The van der Waals surface area contributed by atoms with Crippen molar-refractivity contribution in [1.29, 1.82) is 0 Å². The van der Waals surface area contributed by atoms with E-state index in [-0.39, 0.29) is 11.8 Å². The summed E-state index contributed by atoms with van der Waals surface area (Å²) in [6.45, 7) is 1.99. The van der Waals surface area contributed by atoms with Gasteiger partial charge in [0.15, 0.2) is 0 Å². The fourth-order valence-corrected chi connectivity index (χ4v) is 3.21. The fraction of sp³-hybridized carbons (Fsp3) is 0.350. The van der Waals surface area contributed by atoms with Crippen LogP contribution in [0, 0.1) is 5.82 Å². The highest BCUT2D eigenvalue weighted by molar-refractivity contribution is 5.73. The number of anilines is 1. The molecule has 2 aromatic rings. The van der Waals surface area contributed by atoms with Crippen molar-refractivity contribution in [2.24, 2.45) is 0 Å². The molecule has 1 aliphatic heterocycles. The van der Waals surface area contributed by atoms with Crippen molar-refractivity contribution in [2.75, 3.05) is 25.0 Å². The molecular formula is C20H24FN3O. The van der Waals surface area contributed by atoms with Gasteiger partial charge < -0.3 is 15.5 Å². The van der Waals surface area contributed by atoms with Crippen LogP contribution in [0.4, 0.5) is 14.9 Å². The number of aryl methyl sites for hydroxylation is 1. The Labute approximate surface area is 148 Å². The largest absolute Gasteiger partial charge is 0.374 e. The highest BCUT2D eigenvalue weighted by Gasteiger charge is 2.13. The first-order valence-corrected chi connectivity index (χ1v) is 8.71. The van der Waals surface area contributed by atoms with Gasteiger partial charge in [0.1, 0.15) is 5.82 Å². The van der Waals surface area contributed by atoms with Crippen LogP contribution in [-0.4, -0.2) is 26.2 Å². The third kappa shape index (κ3) is 4.50. The van der Waals surface area contributed by atoms with Crippen molar-refractivity contribution < 1.29 is 9.18 Å².